The van der Waals surface area contributed by atoms with Crippen LogP contribution in [0.5, 0.6) is 0 Å². The quantitative estimate of drug-likeness (QED) is 0.753. The number of hydrogen-bond donors (Lipinski definition) is 0. The first-order valence-electron chi connectivity index (χ1n) is 5.03. The Hall–Kier alpha value is -1.90. The molecule has 82 valence electrons. The Bertz CT molecular complexity index is 541. The molecule has 0 aliphatic carbocycles. The SMILES string of the molecule is C=Cc1cc(-c2cnn(C)c2)c(F)cc1C. The van der Waals surface area contributed by atoms with Gasteiger partial charge in [0.25, 0.3) is 0 Å². The summed E-state index contributed by atoms with van der Waals surface area (Å²) in [6.45, 7) is 5.59. The highest BCUT2D eigenvalue weighted by molar-refractivity contribution is 5.68. The summed E-state index contributed by atoms with van der Waals surface area (Å²) in [5.41, 5.74) is 3.18. The number of benzene rings is 1. The van der Waals surface area contributed by atoms with Crippen molar-refractivity contribution in [3.05, 3.63) is 48.0 Å². The molecule has 0 unspecified atom stereocenters. The van der Waals surface area contributed by atoms with Crippen molar-refractivity contribution in [3.63, 3.8) is 0 Å². The fraction of sp³-hybridized carbons (Fsp3) is 0.154. The summed E-state index contributed by atoms with van der Waals surface area (Å²) in [4.78, 5) is 0. The minimum absolute atomic E-state index is 0.226. The molecule has 1 aromatic heterocycles. The molecule has 1 aromatic carbocycles. The maximum atomic E-state index is 13.8. The van der Waals surface area contributed by atoms with E-state index in [1.807, 2.05) is 14.0 Å². The number of rotatable bonds is 2. The Morgan fingerprint density at radius 1 is 1.44 bits per heavy atom. The number of aromatic nitrogens is 2. The lowest BCUT2D eigenvalue weighted by atomic mass is 10.0. The predicted molar refractivity (Wildman–Crippen MR) is 63.4 cm³/mol. The Morgan fingerprint density at radius 2 is 2.19 bits per heavy atom. The molecule has 0 aliphatic rings. The van der Waals surface area contributed by atoms with E-state index < -0.39 is 0 Å². The summed E-state index contributed by atoms with van der Waals surface area (Å²) in [5.74, 6) is -0.226. The van der Waals surface area contributed by atoms with Gasteiger partial charge >= 0.3 is 0 Å². The fourth-order valence-electron chi connectivity index (χ4n) is 1.69. The van der Waals surface area contributed by atoms with Gasteiger partial charge in [-0.3, -0.25) is 4.68 Å². The van der Waals surface area contributed by atoms with Crippen molar-refractivity contribution in [2.75, 3.05) is 0 Å². The molecular formula is C13H13FN2. The highest BCUT2D eigenvalue weighted by atomic mass is 19.1. The van der Waals surface area contributed by atoms with Crippen LogP contribution >= 0.6 is 0 Å². The molecule has 0 saturated carbocycles. The van der Waals surface area contributed by atoms with Crippen LogP contribution in [0, 0.1) is 12.7 Å². The fourth-order valence-corrected chi connectivity index (χ4v) is 1.69. The van der Waals surface area contributed by atoms with Crippen molar-refractivity contribution in [2.24, 2.45) is 7.05 Å². The van der Waals surface area contributed by atoms with E-state index in [2.05, 4.69) is 11.7 Å². The van der Waals surface area contributed by atoms with Gasteiger partial charge in [0.05, 0.1) is 6.20 Å². The van der Waals surface area contributed by atoms with E-state index in [1.54, 1.807) is 29.2 Å². The van der Waals surface area contributed by atoms with Crippen LogP contribution in [-0.4, -0.2) is 9.78 Å². The van der Waals surface area contributed by atoms with Gasteiger partial charge in [0.15, 0.2) is 0 Å². The Morgan fingerprint density at radius 3 is 2.75 bits per heavy atom. The van der Waals surface area contributed by atoms with Crippen LogP contribution in [0.1, 0.15) is 11.1 Å². The van der Waals surface area contributed by atoms with E-state index in [-0.39, 0.29) is 5.82 Å². The Balaban J connectivity index is 2.60. The van der Waals surface area contributed by atoms with E-state index in [9.17, 15) is 4.39 Å². The van der Waals surface area contributed by atoms with Gasteiger partial charge in [-0.15, -0.1) is 0 Å². The van der Waals surface area contributed by atoms with E-state index in [4.69, 9.17) is 0 Å². The van der Waals surface area contributed by atoms with Crippen LogP contribution in [-0.2, 0) is 7.05 Å². The summed E-state index contributed by atoms with van der Waals surface area (Å²) in [6.07, 6.45) is 5.18. The molecular weight excluding hydrogens is 203 g/mol. The van der Waals surface area contributed by atoms with E-state index in [0.29, 0.717) is 5.56 Å². The van der Waals surface area contributed by atoms with Gasteiger partial charge in [-0.25, -0.2) is 4.39 Å². The van der Waals surface area contributed by atoms with Crippen molar-refractivity contribution in [1.29, 1.82) is 0 Å². The Kier molecular flexibility index (Phi) is 2.60. The zero-order valence-electron chi connectivity index (χ0n) is 9.37. The van der Waals surface area contributed by atoms with Crippen molar-refractivity contribution in [3.8, 4) is 11.1 Å². The van der Waals surface area contributed by atoms with Gasteiger partial charge in [-0.2, -0.15) is 5.10 Å². The smallest absolute Gasteiger partial charge is 0.131 e. The molecule has 0 fully saturated rings. The monoisotopic (exact) mass is 216 g/mol. The van der Waals surface area contributed by atoms with Crippen molar-refractivity contribution >= 4 is 6.08 Å². The van der Waals surface area contributed by atoms with Crippen molar-refractivity contribution in [2.45, 2.75) is 6.92 Å². The molecule has 2 aromatic rings. The molecule has 0 aliphatic heterocycles. The summed E-state index contributed by atoms with van der Waals surface area (Å²) >= 11 is 0. The second-order valence-corrected chi connectivity index (χ2v) is 3.80. The molecule has 1 heterocycles. The molecule has 2 nitrogen and oxygen atoms in total. The topological polar surface area (TPSA) is 17.8 Å². The predicted octanol–water partition coefficient (Wildman–Crippen LogP) is 3.18. The highest BCUT2D eigenvalue weighted by Crippen LogP contribution is 2.25. The summed E-state index contributed by atoms with van der Waals surface area (Å²) in [7, 11) is 1.81. The minimum Gasteiger partial charge on any atom is -0.275 e. The van der Waals surface area contributed by atoms with E-state index in [0.717, 1.165) is 16.7 Å². The van der Waals surface area contributed by atoms with Crippen LogP contribution in [0.3, 0.4) is 0 Å². The molecule has 0 radical (unpaired) electrons. The van der Waals surface area contributed by atoms with Gasteiger partial charge in [0.2, 0.25) is 0 Å². The maximum absolute atomic E-state index is 13.8. The van der Waals surface area contributed by atoms with Gasteiger partial charge < -0.3 is 0 Å². The normalized spacial score (nSPS) is 10.4. The second kappa shape index (κ2) is 3.93. The van der Waals surface area contributed by atoms with Crippen LogP contribution in [0.4, 0.5) is 4.39 Å². The number of nitrogens with zero attached hydrogens (tertiary/aromatic N) is 2. The molecule has 3 heteroatoms. The standard InChI is InChI=1S/C13H13FN2/c1-4-10-6-12(13(14)5-9(10)2)11-7-15-16(3)8-11/h4-8H,1H2,2-3H3. The van der Waals surface area contributed by atoms with Gasteiger partial charge in [-0.05, 0) is 30.2 Å². The molecule has 0 amide bonds. The summed E-state index contributed by atoms with van der Waals surface area (Å²) in [6, 6.07) is 3.33. The summed E-state index contributed by atoms with van der Waals surface area (Å²) in [5, 5.41) is 4.04. The number of aryl methyl sites for hydroxylation is 2. The molecule has 0 N–H and O–H groups in total. The third-order valence-corrected chi connectivity index (χ3v) is 2.59. The largest absolute Gasteiger partial charge is 0.275 e. The third kappa shape index (κ3) is 1.76. The van der Waals surface area contributed by atoms with Gasteiger partial charge in [-0.1, -0.05) is 12.7 Å². The third-order valence-electron chi connectivity index (χ3n) is 2.59. The van der Waals surface area contributed by atoms with Crippen LogP contribution < -0.4 is 0 Å². The van der Waals surface area contributed by atoms with E-state index in [1.165, 1.54) is 6.07 Å². The van der Waals surface area contributed by atoms with Gasteiger partial charge in [0.1, 0.15) is 5.82 Å². The van der Waals surface area contributed by atoms with Crippen LogP contribution in [0.25, 0.3) is 17.2 Å². The molecule has 2 rings (SSSR count). The lowest BCUT2D eigenvalue weighted by Gasteiger charge is -2.05. The first-order chi connectivity index (χ1) is 7.61. The second-order valence-electron chi connectivity index (χ2n) is 3.80. The lowest BCUT2D eigenvalue weighted by Crippen LogP contribution is -1.89. The number of hydrogen-bond acceptors (Lipinski definition) is 1. The zero-order chi connectivity index (χ0) is 11.7. The molecule has 16 heavy (non-hydrogen) atoms. The lowest BCUT2D eigenvalue weighted by molar-refractivity contribution is 0.630. The van der Waals surface area contributed by atoms with Crippen LogP contribution in [0.2, 0.25) is 0 Å². The first-order valence-corrected chi connectivity index (χ1v) is 5.03. The molecule has 0 saturated heterocycles. The van der Waals surface area contributed by atoms with E-state index >= 15 is 0 Å². The van der Waals surface area contributed by atoms with Gasteiger partial charge in [0, 0.05) is 24.4 Å². The molecule has 0 bridgehead atoms. The number of halogens is 1. The maximum Gasteiger partial charge on any atom is 0.131 e. The molecule has 0 spiro atoms. The summed E-state index contributed by atoms with van der Waals surface area (Å²) < 4.78 is 15.4. The average molecular weight is 216 g/mol. The molecule has 0 atom stereocenters. The first kappa shape index (κ1) is 10.6. The van der Waals surface area contributed by atoms with Crippen LogP contribution in [0.15, 0.2) is 31.1 Å². The highest BCUT2D eigenvalue weighted by Gasteiger charge is 2.09. The van der Waals surface area contributed by atoms with Crippen molar-refractivity contribution < 1.29 is 4.39 Å². The zero-order valence-corrected chi connectivity index (χ0v) is 9.37. The Labute approximate surface area is 94.0 Å². The minimum atomic E-state index is -0.226. The average Bonchev–Trinajstić information content (AvgIpc) is 2.65. The van der Waals surface area contributed by atoms with Crippen molar-refractivity contribution in [1.82, 2.24) is 9.78 Å².